The standard InChI is InChI=1S/C22H13F5N4O4/c1-34-20-14(3-2-10(23)18(20)24)35-15-8-30-16(22(25,26)27)6-9(15)12-7-13(32)17-11(31-12)4-5-29-19(17)21(28)33/h2-8H,1H3,(H2,28,33)(H,31,32). The summed E-state index contributed by atoms with van der Waals surface area (Å²) in [6.45, 7) is 0. The molecule has 4 aromatic rings. The Labute approximate surface area is 192 Å². The lowest BCUT2D eigenvalue weighted by atomic mass is 10.1. The zero-order valence-electron chi connectivity index (χ0n) is 17.5. The van der Waals surface area contributed by atoms with Crippen LogP contribution in [-0.2, 0) is 6.18 Å². The second-order valence-electron chi connectivity index (χ2n) is 7.05. The van der Waals surface area contributed by atoms with Crippen LogP contribution in [0.25, 0.3) is 22.2 Å². The van der Waals surface area contributed by atoms with Gasteiger partial charge in [0.2, 0.25) is 11.6 Å². The monoisotopic (exact) mass is 492 g/mol. The van der Waals surface area contributed by atoms with E-state index in [4.69, 9.17) is 15.2 Å². The van der Waals surface area contributed by atoms with Gasteiger partial charge in [0.25, 0.3) is 5.91 Å². The fraction of sp³-hybridized carbons (Fsp3) is 0.0909. The number of ether oxygens (including phenoxy) is 2. The maximum Gasteiger partial charge on any atom is 0.433 e. The molecule has 35 heavy (non-hydrogen) atoms. The number of halogens is 5. The summed E-state index contributed by atoms with van der Waals surface area (Å²) in [4.78, 5) is 34.2. The van der Waals surface area contributed by atoms with Crippen molar-refractivity contribution in [1.29, 1.82) is 0 Å². The highest BCUT2D eigenvalue weighted by Crippen LogP contribution is 2.40. The number of nitrogens with zero attached hydrogens (tertiary/aromatic N) is 2. The highest BCUT2D eigenvalue weighted by molar-refractivity contribution is 6.03. The first kappa shape index (κ1) is 23.6. The van der Waals surface area contributed by atoms with Crippen LogP contribution in [-0.4, -0.2) is 28.0 Å². The second kappa shape index (κ2) is 8.66. The van der Waals surface area contributed by atoms with E-state index in [0.29, 0.717) is 12.3 Å². The van der Waals surface area contributed by atoms with Crippen LogP contribution in [0.1, 0.15) is 16.2 Å². The van der Waals surface area contributed by atoms with Gasteiger partial charge in [0.1, 0.15) is 11.4 Å². The van der Waals surface area contributed by atoms with E-state index in [9.17, 15) is 31.5 Å². The van der Waals surface area contributed by atoms with Crippen LogP contribution in [0, 0.1) is 11.6 Å². The molecule has 3 aromatic heterocycles. The van der Waals surface area contributed by atoms with Crippen LogP contribution < -0.4 is 20.6 Å². The molecule has 3 heterocycles. The average molecular weight is 492 g/mol. The Kier molecular flexibility index (Phi) is 5.84. The number of nitrogens with two attached hydrogens (primary N) is 1. The molecule has 0 saturated carbocycles. The first-order valence-electron chi connectivity index (χ1n) is 9.60. The number of methoxy groups -OCH3 is 1. The molecule has 0 bridgehead atoms. The van der Waals surface area contributed by atoms with Gasteiger partial charge in [0.15, 0.2) is 22.7 Å². The number of alkyl halides is 3. The molecule has 0 radical (unpaired) electrons. The maximum atomic E-state index is 14.1. The van der Waals surface area contributed by atoms with Gasteiger partial charge in [-0.2, -0.15) is 17.6 Å². The largest absolute Gasteiger partial charge is 0.490 e. The lowest BCUT2D eigenvalue weighted by Crippen LogP contribution is -2.17. The van der Waals surface area contributed by atoms with Crippen molar-refractivity contribution in [2.45, 2.75) is 6.18 Å². The number of nitrogens with one attached hydrogen (secondary N) is 1. The first-order chi connectivity index (χ1) is 16.5. The van der Waals surface area contributed by atoms with E-state index in [1.54, 1.807) is 0 Å². The number of primary amides is 1. The smallest absolute Gasteiger partial charge is 0.433 e. The number of aromatic amines is 1. The summed E-state index contributed by atoms with van der Waals surface area (Å²) < 4.78 is 78.2. The molecular weight excluding hydrogens is 479 g/mol. The maximum absolute atomic E-state index is 14.1. The van der Waals surface area contributed by atoms with Gasteiger partial charge < -0.3 is 20.2 Å². The van der Waals surface area contributed by atoms with Crippen LogP contribution in [0.3, 0.4) is 0 Å². The van der Waals surface area contributed by atoms with Gasteiger partial charge in [-0.15, -0.1) is 0 Å². The van der Waals surface area contributed by atoms with E-state index in [1.807, 2.05) is 0 Å². The summed E-state index contributed by atoms with van der Waals surface area (Å²) in [6.07, 6.45) is -2.96. The number of pyridine rings is 3. The molecule has 0 atom stereocenters. The highest BCUT2D eigenvalue weighted by atomic mass is 19.4. The Morgan fingerprint density at radius 1 is 1.09 bits per heavy atom. The topological polar surface area (TPSA) is 120 Å². The van der Waals surface area contributed by atoms with Gasteiger partial charge in [-0.05, 0) is 24.3 Å². The van der Waals surface area contributed by atoms with Gasteiger partial charge >= 0.3 is 6.18 Å². The van der Waals surface area contributed by atoms with Crippen molar-refractivity contribution < 1.29 is 36.2 Å². The Hall–Kier alpha value is -4.55. The van der Waals surface area contributed by atoms with Gasteiger partial charge in [-0.3, -0.25) is 14.6 Å². The number of aromatic nitrogens is 3. The number of benzene rings is 1. The molecule has 3 N–H and O–H groups in total. The molecular formula is C22H13F5N4O4. The minimum absolute atomic E-state index is 0.0537. The normalized spacial score (nSPS) is 11.5. The molecule has 0 fully saturated rings. The summed E-state index contributed by atoms with van der Waals surface area (Å²) in [6, 6.07) is 4.58. The number of carbonyl (C=O) groups excluding carboxylic acids is 1. The summed E-state index contributed by atoms with van der Waals surface area (Å²) in [5, 5.41) is -0.168. The van der Waals surface area contributed by atoms with Crippen molar-refractivity contribution in [3.05, 3.63) is 76.0 Å². The van der Waals surface area contributed by atoms with Crippen LogP contribution in [0.4, 0.5) is 22.0 Å². The average Bonchev–Trinajstić information content (AvgIpc) is 2.80. The predicted octanol–water partition coefficient (Wildman–Crippen LogP) is 4.18. The van der Waals surface area contributed by atoms with E-state index in [-0.39, 0.29) is 39.4 Å². The van der Waals surface area contributed by atoms with E-state index in [1.165, 1.54) is 12.3 Å². The molecule has 0 unspecified atom stereocenters. The lowest BCUT2D eigenvalue weighted by Gasteiger charge is -2.16. The molecule has 8 nitrogen and oxygen atoms in total. The number of amides is 1. The van der Waals surface area contributed by atoms with Crippen molar-refractivity contribution in [3.8, 4) is 28.5 Å². The third kappa shape index (κ3) is 4.35. The Balaban J connectivity index is 1.95. The second-order valence-corrected chi connectivity index (χ2v) is 7.05. The number of rotatable bonds is 5. The third-order valence-electron chi connectivity index (χ3n) is 4.86. The zero-order chi connectivity index (χ0) is 25.5. The molecule has 4 rings (SSSR count). The Bertz CT molecular complexity index is 1540. The minimum Gasteiger partial charge on any atom is -0.490 e. The zero-order valence-corrected chi connectivity index (χ0v) is 17.5. The lowest BCUT2D eigenvalue weighted by molar-refractivity contribution is -0.141. The quantitative estimate of drug-likeness (QED) is 0.404. The van der Waals surface area contributed by atoms with E-state index >= 15 is 0 Å². The number of hydrogen-bond donors (Lipinski definition) is 2. The summed E-state index contributed by atoms with van der Waals surface area (Å²) in [5.74, 6) is -4.94. The number of H-pyrrole nitrogens is 1. The summed E-state index contributed by atoms with van der Waals surface area (Å²) in [5.41, 5.74) is 2.44. The van der Waals surface area contributed by atoms with Crippen LogP contribution in [0.2, 0.25) is 0 Å². The summed E-state index contributed by atoms with van der Waals surface area (Å²) in [7, 11) is 1.04. The number of carbonyl (C=O) groups is 1. The molecule has 0 aliphatic rings. The molecule has 0 spiro atoms. The van der Waals surface area contributed by atoms with E-state index in [2.05, 4.69) is 15.0 Å². The molecule has 0 aliphatic carbocycles. The van der Waals surface area contributed by atoms with Crippen molar-refractivity contribution in [2.24, 2.45) is 5.73 Å². The highest BCUT2D eigenvalue weighted by Gasteiger charge is 2.34. The molecule has 0 aliphatic heterocycles. The molecule has 1 aromatic carbocycles. The molecule has 0 saturated heterocycles. The SMILES string of the molecule is COc1c(Oc2cnc(C(F)(F)F)cc2-c2cc(=O)c3c(C(N)=O)nccc3[nH]2)ccc(F)c1F. The fourth-order valence-electron chi connectivity index (χ4n) is 3.32. The number of hydrogen-bond acceptors (Lipinski definition) is 6. The van der Waals surface area contributed by atoms with Gasteiger partial charge in [0, 0.05) is 17.8 Å². The fourth-order valence-corrected chi connectivity index (χ4v) is 3.32. The van der Waals surface area contributed by atoms with E-state index in [0.717, 1.165) is 25.3 Å². The van der Waals surface area contributed by atoms with Crippen LogP contribution in [0.5, 0.6) is 17.2 Å². The van der Waals surface area contributed by atoms with Gasteiger partial charge in [-0.1, -0.05) is 0 Å². The molecule has 13 heteroatoms. The Morgan fingerprint density at radius 3 is 2.49 bits per heavy atom. The van der Waals surface area contributed by atoms with Crippen molar-refractivity contribution in [2.75, 3.05) is 7.11 Å². The van der Waals surface area contributed by atoms with Crippen molar-refractivity contribution in [3.63, 3.8) is 0 Å². The van der Waals surface area contributed by atoms with Gasteiger partial charge in [-0.25, -0.2) is 9.37 Å². The Morgan fingerprint density at radius 2 is 1.83 bits per heavy atom. The number of fused-ring (bicyclic) bond motifs is 1. The third-order valence-corrected chi connectivity index (χ3v) is 4.86. The van der Waals surface area contributed by atoms with Crippen molar-refractivity contribution in [1.82, 2.24) is 15.0 Å². The van der Waals surface area contributed by atoms with E-state index < -0.39 is 40.6 Å². The van der Waals surface area contributed by atoms with Crippen LogP contribution in [0.15, 0.2) is 47.5 Å². The minimum atomic E-state index is -4.85. The van der Waals surface area contributed by atoms with Crippen LogP contribution >= 0.6 is 0 Å². The summed E-state index contributed by atoms with van der Waals surface area (Å²) >= 11 is 0. The molecule has 180 valence electrons. The van der Waals surface area contributed by atoms with Gasteiger partial charge in [0.05, 0.1) is 29.9 Å². The molecule has 1 amide bonds. The van der Waals surface area contributed by atoms with Crippen molar-refractivity contribution >= 4 is 16.8 Å². The first-order valence-corrected chi connectivity index (χ1v) is 9.60. The predicted molar refractivity (Wildman–Crippen MR) is 112 cm³/mol.